The normalized spacial score (nSPS) is 11.8. The van der Waals surface area contributed by atoms with Crippen molar-refractivity contribution in [2.24, 2.45) is 0 Å². The van der Waals surface area contributed by atoms with Gasteiger partial charge in [-0.2, -0.15) is 0 Å². The van der Waals surface area contributed by atoms with Crippen LogP contribution >= 0.6 is 22.7 Å². The van der Waals surface area contributed by atoms with E-state index < -0.39 is 80.9 Å². The van der Waals surface area contributed by atoms with Crippen LogP contribution in [0.5, 0.6) is 0 Å². The van der Waals surface area contributed by atoms with Crippen molar-refractivity contribution in [1.29, 1.82) is 0 Å². The molecule has 0 bridgehead atoms. The van der Waals surface area contributed by atoms with Gasteiger partial charge in [-0.3, -0.25) is 9.59 Å². The molecule has 4 aromatic rings. The molecule has 0 fully saturated rings. The molecule has 51 heavy (non-hydrogen) atoms. The van der Waals surface area contributed by atoms with Gasteiger partial charge in [0, 0.05) is 22.6 Å². The lowest BCUT2D eigenvalue weighted by Crippen LogP contribution is -2.03. The average molecular weight is 761 g/mol. The second kappa shape index (κ2) is 17.5. The van der Waals surface area contributed by atoms with Gasteiger partial charge in [-0.05, 0) is 67.3 Å². The molecule has 0 saturated heterocycles. The summed E-state index contributed by atoms with van der Waals surface area (Å²) in [7, 11) is 0. The number of hydrogen-bond acceptors (Lipinski definition) is 4. The summed E-state index contributed by atoms with van der Waals surface area (Å²) in [5, 5.41) is 0. The van der Waals surface area contributed by atoms with E-state index in [9.17, 15) is 53.5 Å². The van der Waals surface area contributed by atoms with Crippen molar-refractivity contribution in [3.8, 4) is 0 Å². The zero-order valence-electron chi connectivity index (χ0n) is 27.2. The first-order chi connectivity index (χ1) is 24.2. The van der Waals surface area contributed by atoms with E-state index in [0.29, 0.717) is 33.4 Å². The molecule has 0 radical (unpaired) electrons. The second-order valence-corrected chi connectivity index (χ2v) is 13.8. The minimum atomic E-state index is -2.29. The standard InChI is InChI=1S/C37H30F10O2S2/c1-3-4-5-6-7-8-9-19-17-27(51-25(19)15-11-21-30(40)34(44)37(47)35(45)31(21)41)23(49)13-12-22(48)26-16-18(2)24(50-26)14-10-20-28(38)32(42)36(46)33(43)29(20)39/h10-11,14-17H,3-9,12-13H2,1-2H3/b14-10+,15-11+. The molecule has 0 spiro atoms. The lowest BCUT2D eigenvalue weighted by Gasteiger charge is -2.04. The predicted octanol–water partition coefficient (Wildman–Crippen LogP) is 12.6. The number of rotatable bonds is 16. The van der Waals surface area contributed by atoms with E-state index in [0.717, 1.165) is 73.4 Å². The molecule has 4 rings (SSSR count). The fourth-order valence-corrected chi connectivity index (χ4v) is 7.27. The Labute approximate surface area is 295 Å². The summed E-state index contributed by atoms with van der Waals surface area (Å²) in [6.45, 7) is 3.64. The fraction of sp³-hybridized carbons (Fsp3) is 0.297. The number of aryl methyl sites for hydroxylation is 2. The zero-order valence-corrected chi connectivity index (χ0v) is 28.9. The minimum absolute atomic E-state index is 0.179. The highest BCUT2D eigenvalue weighted by Gasteiger charge is 2.26. The summed E-state index contributed by atoms with van der Waals surface area (Å²) in [4.78, 5) is 27.2. The van der Waals surface area contributed by atoms with Gasteiger partial charge in [0.05, 0.1) is 20.9 Å². The van der Waals surface area contributed by atoms with Crippen molar-refractivity contribution in [2.45, 2.75) is 71.6 Å². The first kappa shape index (κ1) is 39.7. The Balaban J connectivity index is 1.50. The Morgan fingerprint density at radius 3 is 1.41 bits per heavy atom. The summed E-state index contributed by atoms with van der Waals surface area (Å²) >= 11 is 1.84. The quantitative estimate of drug-likeness (QED) is 0.0375. The highest BCUT2D eigenvalue weighted by molar-refractivity contribution is 7.15. The van der Waals surface area contributed by atoms with Gasteiger partial charge in [-0.15, -0.1) is 22.7 Å². The van der Waals surface area contributed by atoms with Gasteiger partial charge < -0.3 is 0 Å². The van der Waals surface area contributed by atoms with Gasteiger partial charge >= 0.3 is 0 Å². The highest BCUT2D eigenvalue weighted by atomic mass is 32.1. The van der Waals surface area contributed by atoms with Crippen molar-refractivity contribution in [1.82, 2.24) is 0 Å². The second-order valence-electron chi connectivity index (χ2n) is 11.7. The molecular weight excluding hydrogens is 731 g/mol. The molecule has 2 nitrogen and oxygen atoms in total. The van der Waals surface area contributed by atoms with Crippen LogP contribution in [0.4, 0.5) is 43.9 Å². The molecule has 0 saturated carbocycles. The molecule has 2 aromatic heterocycles. The highest BCUT2D eigenvalue weighted by Crippen LogP contribution is 2.32. The predicted molar refractivity (Wildman–Crippen MR) is 179 cm³/mol. The Morgan fingerprint density at radius 2 is 0.922 bits per heavy atom. The number of hydrogen-bond donors (Lipinski definition) is 0. The first-order valence-electron chi connectivity index (χ1n) is 15.9. The van der Waals surface area contributed by atoms with Crippen LogP contribution in [0.15, 0.2) is 12.1 Å². The van der Waals surface area contributed by atoms with Crippen LogP contribution in [0.1, 0.15) is 110 Å². The number of carbonyl (C=O) groups excluding carboxylic acids is 2. The molecular formula is C37H30F10O2S2. The number of carbonyl (C=O) groups is 2. The van der Waals surface area contributed by atoms with E-state index >= 15 is 0 Å². The SMILES string of the molecule is CCCCCCCCc1cc(C(=O)CCC(=O)c2cc(C)c(/C=C/c3c(F)c(F)c(F)c(F)c3F)s2)sc1/C=C/c1c(F)c(F)c(F)c(F)c1F. The maximum absolute atomic E-state index is 14.3. The molecule has 0 amide bonds. The van der Waals surface area contributed by atoms with Crippen molar-refractivity contribution in [2.75, 3.05) is 0 Å². The van der Waals surface area contributed by atoms with Gasteiger partial charge in [0.1, 0.15) is 0 Å². The van der Waals surface area contributed by atoms with Crippen LogP contribution in [0.2, 0.25) is 0 Å². The van der Waals surface area contributed by atoms with E-state index in [1.54, 1.807) is 13.0 Å². The van der Waals surface area contributed by atoms with Crippen LogP contribution in [-0.4, -0.2) is 11.6 Å². The summed E-state index contributed by atoms with van der Waals surface area (Å²) < 4.78 is 138. The Kier molecular flexibility index (Phi) is 13.6. The Bertz CT molecular complexity index is 1950. The maximum atomic E-state index is 14.3. The zero-order chi connectivity index (χ0) is 37.6. The third-order valence-electron chi connectivity index (χ3n) is 8.02. The lowest BCUT2D eigenvalue weighted by molar-refractivity contribution is 0.0921. The molecule has 272 valence electrons. The maximum Gasteiger partial charge on any atom is 0.200 e. The minimum Gasteiger partial charge on any atom is -0.293 e. The number of halogens is 10. The smallest absolute Gasteiger partial charge is 0.200 e. The molecule has 0 unspecified atom stereocenters. The molecule has 2 aromatic carbocycles. The summed E-state index contributed by atoms with van der Waals surface area (Å²) in [5.41, 5.74) is -1.18. The molecule has 0 aliphatic carbocycles. The summed E-state index contributed by atoms with van der Waals surface area (Å²) in [6, 6.07) is 3.04. The van der Waals surface area contributed by atoms with Crippen LogP contribution < -0.4 is 0 Å². The van der Waals surface area contributed by atoms with E-state index in [-0.39, 0.29) is 22.6 Å². The van der Waals surface area contributed by atoms with Crippen molar-refractivity contribution in [3.63, 3.8) is 0 Å². The molecule has 0 aliphatic heterocycles. The van der Waals surface area contributed by atoms with Crippen molar-refractivity contribution < 1.29 is 53.5 Å². The van der Waals surface area contributed by atoms with Crippen LogP contribution in [-0.2, 0) is 6.42 Å². The number of unbranched alkanes of at least 4 members (excludes halogenated alkanes) is 5. The Morgan fingerprint density at radius 1 is 0.529 bits per heavy atom. The fourth-order valence-electron chi connectivity index (χ4n) is 5.14. The largest absolute Gasteiger partial charge is 0.293 e. The van der Waals surface area contributed by atoms with Gasteiger partial charge in [-0.1, -0.05) is 39.0 Å². The van der Waals surface area contributed by atoms with Crippen LogP contribution in [0.3, 0.4) is 0 Å². The molecule has 0 N–H and O–H groups in total. The van der Waals surface area contributed by atoms with Crippen LogP contribution in [0.25, 0.3) is 24.3 Å². The number of Topliss-reactive ketones (excluding diaryl/α,β-unsaturated/α-hetero) is 2. The van der Waals surface area contributed by atoms with Crippen LogP contribution in [0, 0.1) is 65.1 Å². The van der Waals surface area contributed by atoms with Crippen molar-refractivity contribution >= 4 is 58.5 Å². The van der Waals surface area contributed by atoms with E-state index in [2.05, 4.69) is 6.92 Å². The number of thiophene rings is 2. The molecule has 14 heteroatoms. The molecule has 2 heterocycles. The topological polar surface area (TPSA) is 34.1 Å². The summed E-state index contributed by atoms with van der Waals surface area (Å²) in [6.07, 6.45) is 9.48. The third kappa shape index (κ3) is 9.07. The molecule has 0 aliphatic rings. The average Bonchev–Trinajstić information content (AvgIpc) is 3.71. The first-order valence-corrected chi connectivity index (χ1v) is 17.5. The number of ketones is 2. The van der Waals surface area contributed by atoms with Crippen molar-refractivity contribution in [3.05, 3.63) is 112 Å². The van der Waals surface area contributed by atoms with Gasteiger partial charge in [0.25, 0.3) is 0 Å². The van der Waals surface area contributed by atoms with E-state index in [1.165, 1.54) is 12.1 Å². The Hall–Kier alpha value is -4.04. The van der Waals surface area contributed by atoms with Gasteiger partial charge in [0.15, 0.2) is 58.1 Å². The van der Waals surface area contributed by atoms with E-state index in [4.69, 9.17) is 0 Å². The van der Waals surface area contributed by atoms with E-state index in [1.807, 2.05) is 0 Å². The van der Waals surface area contributed by atoms with Gasteiger partial charge in [0.2, 0.25) is 11.6 Å². The monoisotopic (exact) mass is 760 g/mol. The van der Waals surface area contributed by atoms with Gasteiger partial charge in [-0.25, -0.2) is 43.9 Å². The summed E-state index contributed by atoms with van der Waals surface area (Å²) in [5.74, 6) is -21.8. The third-order valence-corrected chi connectivity index (χ3v) is 10.4. The lowest BCUT2D eigenvalue weighted by atomic mass is 10.0. The molecule has 0 atom stereocenters. The number of benzene rings is 2.